The molecule has 3 heterocycles. The number of fused-ring (bicyclic) bond motifs is 1. The zero-order valence-electron chi connectivity index (χ0n) is 19.3. The predicted octanol–water partition coefficient (Wildman–Crippen LogP) is 4.00. The Morgan fingerprint density at radius 2 is 2.00 bits per heavy atom. The van der Waals surface area contributed by atoms with Gasteiger partial charge in [-0.1, -0.05) is 18.9 Å². The molecule has 0 saturated carbocycles. The van der Waals surface area contributed by atoms with Gasteiger partial charge in [-0.05, 0) is 19.2 Å². The normalized spacial score (nSPS) is 13.8. The second kappa shape index (κ2) is 11.9. The fourth-order valence-electron chi connectivity index (χ4n) is 3.33. The Balaban J connectivity index is 0.000000374. The minimum atomic E-state index is -0.483. The van der Waals surface area contributed by atoms with Crippen LogP contribution in [0.3, 0.4) is 0 Å². The molecule has 178 valence electrons. The monoisotopic (exact) mass is 476 g/mol. The van der Waals surface area contributed by atoms with Gasteiger partial charge in [-0.2, -0.15) is 0 Å². The Bertz CT molecular complexity index is 1090. The van der Waals surface area contributed by atoms with E-state index in [1.165, 1.54) is 32.2 Å². The standard InChI is InChI=1S/C18H18FN3O3S.C5H11NO/c1-4-26-21-14-6-11(5-13(19)18(14)25-3)15-8-20-17-7-16(24-2)12(10-23)9-22(15)17;1-6-2-4-7-5-3-6/h5-10,21H,4H2,1-3H3;2-5H2,1H3. The Morgan fingerprint density at radius 3 is 2.58 bits per heavy atom. The van der Waals surface area contributed by atoms with Gasteiger partial charge in [0.25, 0.3) is 0 Å². The van der Waals surface area contributed by atoms with E-state index >= 15 is 0 Å². The van der Waals surface area contributed by atoms with E-state index in [1.54, 1.807) is 28.9 Å². The van der Waals surface area contributed by atoms with Crippen LogP contribution < -0.4 is 14.2 Å². The van der Waals surface area contributed by atoms with E-state index in [0.717, 1.165) is 32.1 Å². The van der Waals surface area contributed by atoms with Crippen LogP contribution in [-0.2, 0) is 4.74 Å². The van der Waals surface area contributed by atoms with E-state index in [0.29, 0.717) is 40.2 Å². The molecule has 1 aliphatic heterocycles. The first kappa shape index (κ1) is 24.8. The highest BCUT2D eigenvalue weighted by molar-refractivity contribution is 8.00. The first-order valence-electron chi connectivity index (χ1n) is 10.5. The van der Waals surface area contributed by atoms with Gasteiger partial charge in [-0.15, -0.1) is 0 Å². The topological polar surface area (TPSA) is 77.3 Å². The number of halogens is 1. The smallest absolute Gasteiger partial charge is 0.178 e. The number of benzene rings is 1. The number of aldehydes is 1. The molecule has 0 aliphatic carbocycles. The van der Waals surface area contributed by atoms with Gasteiger partial charge in [0, 0.05) is 36.7 Å². The molecule has 8 nitrogen and oxygen atoms in total. The van der Waals surface area contributed by atoms with Crippen LogP contribution >= 0.6 is 11.9 Å². The summed E-state index contributed by atoms with van der Waals surface area (Å²) in [5.41, 5.74) is 2.77. The summed E-state index contributed by atoms with van der Waals surface area (Å²) in [5, 5.41) is 0. The SMILES string of the molecule is CCSNc1cc(-c2cnc3cc(OC)c(C=O)cn23)cc(F)c1OC.CN1CCOCC1. The van der Waals surface area contributed by atoms with Crippen molar-refractivity contribution in [1.29, 1.82) is 0 Å². The number of hydrogen-bond acceptors (Lipinski definition) is 8. The summed E-state index contributed by atoms with van der Waals surface area (Å²) in [6, 6.07) is 4.84. The molecule has 0 bridgehead atoms. The summed E-state index contributed by atoms with van der Waals surface area (Å²) in [6.45, 7) is 6.01. The van der Waals surface area contributed by atoms with E-state index in [9.17, 15) is 9.18 Å². The second-order valence-corrected chi connectivity index (χ2v) is 8.35. The van der Waals surface area contributed by atoms with E-state index in [1.807, 2.05) is 6.92 Å². The van der Waals surface area contributed by atoms with Crippen molar-refractivity contribution >= 4 is 29.6 Å². The van der Waals surface area contributed by atoms with Crippen LogP contribution in [0.25, 0.3) is 16.9 Å². The number of nitrogens with zero attached hydrogens (tertiary/aromatic N) is 3. The Kier molecular flexibility index (Phi) is 8.93. The second-order valence-electron chi connectivity index (χ2n) is 7.28. The van der Waals surface area contributed by atoms with Gasteiger partial charge in [-0.3, -0.25) is 9.20 Å². The third-order valence-electron chi connectivity index (χ3n) is 5.09. The van der Waals surface area contributed by atoms with Gasteiger partial charge in [0.1, 0.15) is 11.4 Å². The summed E-state index contributed by atoms with van der Waals surface area (Å²) in [5.74, 6) is 0.918. The number of imidazole rings is 1. The molecule has 2 aromatic heterocycles. The van der Waals surface area contributed by atoms with Gasteiger partial charge in [0.2, 0.25) is 0 Å². The average Bonchev–Trinajstić information content (AvgIpc) is 3.25. The van der Waals surface area contributed by atoms with Crippen LogP contribution in [0.4, 0.5) is 10.1 Å². The maximum Gasteiger partial charge on any atom is 0.178 e. The lowest BCUT2D eigenvalue weighted by molar-refractivity contribution is 0.0503. The summed E-state index contributed by atoms with van der Waals surface area (Å²) in [4.78, 5) is 17.9. The van der Waals surface area contributed by atoms with Gasteiger partial charge in [0.05, 0.1) is 50.6 Å². The minimum Gasteiger partial charge on any atom is -0.496 e. The van der Waals surface area contributed by atoms with Crippen molar-refractivity contribution in [2.24, 2.45) is 0 Å². The molecule has 1 aromatic carbocycles. The summed E-state index contributed by atoms with van der Waals surface area (Å²) >= 11 is 1.44. The summed E-state index contributed by atoms with van der Waals surface area (Å²) < 4.78 is 34.8. The first-order valence-corrected chi connectivity index (χ1v) is 11.5. The number of pyridine rings is 1. The van der Waals surface area contributed by atoms with E-state index < -0.39 is 5.82 Å². The minimum absolute atomic E-state index is 0.152. The number of aromatic nitrogens is 2. The van der Waals surface area contributed by atoms with Crippen LogP contribution in [0, 0.1) is 5.82 Å². The molecule has 1 aliphatic rings. The number of morpholine rings is 1. The molecular formula is C23H29FN4O4S. The number of hydrogen-bond donors (Lipinski definition) is 1. The lowest BCUT2D eigenvalue weighted by Gasteiger charge is -2.21. The van der Waals surface area contributed by atoms with Gasteiger partial charge in [-0.25, -0.2) is 9.37 Å². The quantitative estimate of drug-likeness (QED) is 0.405. The number of anilines is 1. The number of carbonyl (C=O) groups is 1. The number of rotatable bonds is 7. The predicted molar refractivity (Wildman–Crippen MR) is 129 cm³/mol. The van der Waals surface area contributed by atoms with Crippen molar-refractivity contribution in [2.75, 3.05) is 58.0 Å². The number of ether oxygens (including phenoxy) is 3. The molecule has 0 atom stereocenters. The third kappa shape index (κ3) is 5.95. The van der Waals surface area contributed by atoms with Crippen molar-refractivity contribution in [3.05, 3.63) is 42.0 Å². The molecular weight excluding hydrogens is 447 g/mol. The van der Waals surface area contributed by atoms with Gasteiger partial charge in [0.15, 0.2) is 17.9 Å². The molecule has 4 rings (SSSR count). The van der Waals surface area contributed by atoms with Crippen molar-refractivity contribution in [3.8, 4) is 22.8 Å². The Labute approximate surface area is 197 Å². The zero-order valence-corrected chi connectivity index (χ0v) is 20.1. The molecule has 0 unspecified atom stereocenters. The molecule has 0 amide bonds. The van der Waals surface area contributed by atoms with Crippen LogP contribution in [-0.4, -0.2) is 73.9 Å². The third-order valence-corrected chi connectivity index (χ3v) is 5.74. The van der Waals surface area contributed by atoms with Crippen LogP contribution in [0.1, 0.15) is 17.3 Å². The number of likely N-dealkylation sites (N-methyl/N-ethyl adjacent to an activating group) is 1. The zero-order chi connectivity index (χ0) is 23.8. The Morgan fingerprint density at radius 1 is 1.24 bits per heavy atom. The molecule has 1 fully saturated rings. The van der Waals surface area contributed by atoms with Gasteiger partial charge < -0.3 is 23.8 Å². The molecule has 1 saturated heterocycles. The van der Waals surface area contributed by atoms with Crippen LogP contribution in [0.2, 0.25) is 0 Å². The van der Waals surface area contributed by atoms with E-state index in [2.05, 4.69) is 21.7 Å². The van der Waals surface area contributed by atoms with E-state index in [-0.39, 0.29) is 5.75 Å². The van der Waals surface area contributed by atoms with E-state index in [4.69, 9.17) is 14.2 Å². The highest BCUT2D eigenvalue weighted by Crippen LogP contribution is 2.35. The van der Waals surface area contributed by atoms with Crippen LogP contribution in [0.5, 0.6) is 11.5 Å². The largest absolute Gasteiger partial charge is 0.496 e. The van der Waals surface area contributed by atoms with Crippen molar-refractivity contribution < 1.29 is 23.4 Å². The molecule has 33 heavy (non-hydrogen) atoms. The summed E-state index contributed by atoms with van der Waals surface area (Å²) in [7, 11) is 5.03. The lowest BCUT2D eigenvalue weighted by atomic mass is 10.1. The van der Waals surface area contributed by atoms with Crippen LogP contribution in [0.15, 0.2) is 30.6 Å². The van der Waals surface area contributed by atoms with Crippen molar-refractivity contribution in [3.63, 3.8) is 0 Å². The maximum atomic E-state index is 14.5. The van der Waals surface area contributed by atoms with Gasteiger partial charge >= 0.3 is 0 Å². The molecule has 10 heteroatoms. The molecule has 0 spiro atoms. The number of carbonyl (C=O) groups excluding carboxylic acids is 1. The first-order chi connectivity index (χ1) is 16.0. The average molecular weight is 477 g/mol. The number of nitrogens with one attached hydrogen (secondary N) is 1. The molecule has 0 radical (unpaired) electrons. The maximum absolute atomic E-state index is 14.5. The number of methoxy groups -OCH3 is 2. The summed E-state index contributed by atoms with van der Waals surface area (Å²) in [6.07, 6.45) is 3.96. The van der Waals surface area contributed by atoms with Crippen molar-refractivity contribution in [1.82, 2.24) is 14.3 Å². The molecule has 1 N–H and O–H groups in total. The molecule has 3 aromatic rings. The van der Waals surface area contributed by atoms with Crippen molar-refractivity contribution in [2.45, 2.75) is 6.92 Å². The fraction of sp³-hybridized carbons (Fsp3) is 0.391. The lowest BCUT2D eigenvalue weighted by Crippen LogP contribution is -2.32. The fourth-order valence-corrected chi connectivity index (χ4v) is 3.78. The highest BCUT2D eigenvalue weighted by Gasteiger charge is 2.16. The Hall–Kier alpha value is -2.82. The highest BCUT2D eigenvalue weighted by atomic mass is 32.2.